The van der Waals surface area contributed by atoms with Crippen LogP contribution in [-0.2, 0) is 6.42 Å². The van der Waals surface area contributed by atoms with E-state index in [2.05, 4.69) is 38.2 Å². The van der Waals surface area contributed by atoms with Crippen LogP contribution in [0.2, 0.25) is 0 Å². The van der Waals surface area contributed by atoms with Crippen molar-refractivity contribution >= 4 is 0 Å². The Hall–Kier alpha value is -1.22. The molecular weight excluding hydrogens is 238 g/mol. The highest BCUT2D eigenvalue weighted by Gasteiger charge is 2.09. The molecule has 1 unspecified atom stereocenters. The van der Waals surface area contributed by atoms with Crippen molar-refractivity contribution in [2.45, 2.75) is 46.1 Å². The summed E-state index contributed by atoms with van der Waals surface area (Å²) in [7, 11) is 1.69. The van der Waals surface area contributed by atoms with E-state index in [1.165, 1.54) is 5.56 Å². The fraction of sp³-hybridized carbons (Fsp3) is 0.625. The number of hydrogen-bond acceptors (Lipinski definition) is 3. The summed E-state index contributed by atoms with van der Waals surface area (Å²) in [6.07, 6.45) is 3.39. The first-order valence-corrected chi connectivity index (χ1v) is 7.25. The molecule has 3 nitrogen and oxygen atoms in total. The Kier molecular flexibility index (Phi) is 7.34. The van der Waals surface area contributed by atoms with Gasteiger partial charge >= 0.3 is 0 Å². The van der Waals surface area contributed by atoms with Crippen molar-refractivity contribution in [3.63, 3.8) is 0 Å². The van der Waals surface area contributed by atoms with Gasteiger partial charge in [-0.3, -0.25) is 0 Å². The number of hydrogen-bond donors (Lipinski definition) is 1. The van der Waals surface area contributed by atoms with Gasteiger partial charge in [-0.25, -0.2) is 0 Å². The number of rotatable bonds is 9. The van der Waals surface area contributed by atoms with Gasteiger partial charge < -0.3 is 14.8 Å². The van der Waals surface area contributed by atoms with Crippen LogP contribution in [0.3, 0.4) is 0 Å². The second-order valence-electron chi connectivity index (χ2n) is 4.76. The second-order valence-corrected chi connectivity index (χ2v) is 4.76. The van der Waals surface area contributed by atoms with Gasteiger partial charge in [-0.15, -0.1) is 0 Å². The molecule has 1 aromatic carbocycles. The molecule has 0 heterocycles. The second kappa shape index (κ2) is 8.81. The molecule has 0 aliphatic heterocycles. The van der Waals surface area contributed by atoms with Crippen LogP contribution in [0.15, 0.2) is 18.2 Å². The highest BCUT2D eigenvalue weighted by atomic mass is 16.5. The van der Waals surface area contributed by atoms with Crippen LogP contribution in [0.25, 0.3) is 0 Å². The van der Waals surface area contributed by atoms with Gasteiger partial charge in [0.25, 0.3) is 0 Å². The summed E-state index contributed by atoms with van der Waals surface area (Å²) in [6, 6.07) is 6.17. The van der Waals surface area contributed by atoms with E-state index in [1.807, 2.05) is 6.07 Å². The lowest BCUT2D eigenvalue weighted by Crippen LogP contribution is -2.18. The number of ether oxygens (including phenoxy) is 2. The van der Waals surface area contributed by atoms with Crippen LogP contribution in [0.5, 0.6) is 11.5 Å². The summed E-state index contributed by atoms with van der Waals surface area (Å²) in [5.41, 5.74) is 1.27. The molecule has 108 valence electrons. The maximum absolute atomic E-state index is 5.96. The minimum Gasteiger partial charge on any atom is -0.493 e. The lowest BCUT2D eigenvalue weighted by atomic mass is 10.1. The van der Waals surface area contributed by atoms with Gasteiger partial charge in [-0.2, -0.15) is 0 Å². The van der Waals surface area contributed by atoms with Gasteiger partial charge in [0.15, 0.2) is 11.5 Å². The highest BCUT2D eigenvalue weighted by Crippen LogP contribution is 2.29. The van der Waals surface area contributed by atoms with Crippen molar-refractivity contribution in [3.05, 3.63) is 23.8 Å². The van der Waals surface area contributed by atoms with E-state index in [0.29, 0.717) is 0 Å². The van der Waals surface area contributed by atoms with E-state index in [4.69, 9.17) is 9.47 Å². The van der Waals surface area contributed by atoms with Crippen molar-refractivity contribution in [1.29, 1.82) is 0 Å². The van der Waals surface area contributed by atoms with E-state index in [9.17, 15) is 0 Å². The third-order valence-electron chi connectivity index (χ3n) is 3.18. The smallest absolute Gasteiger partial charge is 0.161 e. The summed E-state index contributed by atoms with van der Waals surface area (Å²) in [5, 5.41) is 3.32. The first-order valence-electron chi connectivity index (χ1n) is 7.25. The van der Waals surface area contributed by atoms with Crippen molar-refractivity contribution in [1.82, 2.24) is 5.32 Å². The monoisotopic (exact) mass is 265 g/mol. The van der Waals surface area contributed by atoms with E-state index in [-0.39, 0.29) is 6.10 Å². The summed E-state index contributed by atoms with van der Waals surface area (Å²) in [6.45, 7) is 8.45. The van der Waals surface area contributed by atoms with Crippen LogP contribution in [-0.4, -0.2) is 26.3 Å². The summed E-state index contributed by atoms with van der Waals surface area (Å²) in [4.78, 5) is 0. The van der Waals surface area contributed by atoms with Crippen molar-refractivity contribution < 1.29 is 9.47 Å². The molecule has 19 heavy (non-hydrogen) atoms. The van der Waals surface area contributed by atoms with Gasteiger partial charge in [0, 0.05) is 0 Å². The van der Waals surface area contributed by atoms with Gasteiger partial charge in [0.05, 0.1) is 13.2 Å². The molecule has 1 N–H and O–H groups in total. The molecule has 0 amide bonds. The molecule has 0 aliphatic rings. The van der Waals surface area contributed by atoms with E-state index >= 15 is 0 Å². The Bertz CT molecular complexity index is 366. The molecular formula is C16H27NO2. The van der Waals surface area contributed by atoms with Crippen LogP contribution in [0.4, 0.5) is 0 Å². The van der Waals surface area contributed by atoms with Crippen molar-refractivity contribution in [3.8, 4) is 11.5 Å². The average Bonchev–Trinajstić information content (AvgIpc) is 2.44. The lowest BCUT2D eigenvalue weighted by molar-refractivity contribution is 0.198. The van der Waals surface area contributed by atoms with E-state index in [0.717, 1.165) is 43.9 Å². The standard InChI is InChI=1S/C16H27NO2/c1-5-14-9-10-15(16(12-14)18-4)19-13(3)8-7-11-17-6-2/h9-10,12-13,17H,5-8,11H2,1-4H3. The maximum Gasteiger partial charge on any atom is 0.161 e. The van der Waals surface area contributed by atoms with E-state index in [1.54, 1.807) is 7.11 Å². The number of benzene rings is 1. The Morgan fingerprint density at radius 3 is 2.63 bits per heavy atom. The molecule has 0 fully saturated rings. The summed E-state index contributed by atoms with van der Waals surface area (Å²) < 4.78 is 11.4. The Morgan fingerprint density at radius 1 is 1.21 bits per heavy atom. The number of methoxy groups -OCH3 is 1. The lowest BCUT2D eigenvalue weighted by Gasteiger charge is -2.17. The fourth-order valence-corrected chi connectivity index (χ4v) is 2.00. The number of aryl methyl sites for hydroxylation is 1. The van der Waals surface area contributed by atoms with Gasteiger partial charge in [0.2, 0.25) is 0 Å². The van der Waals surface area contributed by atoms with Gasteiger partial charge in [-0.1, -0.05) is 19.9 Å². The summed E-state index contributed by atoms with van der Waals surface area (Å²) >= 11 is 0. The largest absolute Gasteiger partial charge is 0.493 e. The Labute approximate surface area is 117 Å². The Balaban J connectivity index is 2.51. The fourth-order valence-electron chi connectivity index (χ4n) is 2.00. The molecule has 0 aromatic heterocycles. The van der Waals surface area contributed by atoms with Crippen LogP contribution in [0.1, 0.15) is 39.2 Å². The third-order valence-corrected chi connectivity index (χ3v) is 3.18. The molecule has 1 atom stereocenters. The topological polar surface area (TPSA) is 30.5 Å². The first-order chi connectivity index (χ1) is 9.21. The van der Waals surface area contributed by atoms with Crippen LogP contribution in [0, 0.1) is 0 Å². The minimum absolute atomic E-state index is 0.208. The summed E-state index contributed by atoms with van der Waals surface area (Å²) in [5.74, 6) is 1.67. The molecule has 0 radical (unpaired) electrons. The van der Waals surface area contributed by atoms with Gasteiger partial charge in [-0.05, 0) is 57.0 Å². The molecule has 1 aromatic rings. The molecule has 3 heteroatoms. The van der Waals surface area contributed by atoms with Crippen molar-refractivity contribution in [2.75, 3.05) is 20.2 Å². The molecule has 0 spiro atoms. The zero-order chi connectivity index (χ0) is 14.1. The quantitative estimate of drug-likeness (QED) is 0.694. The van der Waals surface area contributed by atoms with E-state index < -0.39 is 0 Å². The maximum atomic E-state index is 5.96. The molecule has 0 saturated carbocycles. The third kappa shape index (κ3) is 5.52. The molecule has 1 rings (SSSR count). The SMILES string of the molecule is CCNCCCC(C)Oc1ccc(CC)cc1OC. The molecule has 0 bridgehead atoms. The predicted octanol–water partition coefficient (Wildman–Crippen LogP) is 3.41. The zero-order valence-electron chi connectivity index (χ0n) is 12.7. The predicted molar refractivity (Wildman–Crippen MR) is 80.2 cm³/mol. The average molecular weight is 265 g/mol. The molecule has 0 aliphatic carbocycles. The zero-order valence-corrected chi connectivity index (χ0v) is 12.7. The van der Waals surface area contributed by atoms with Crippen LogP contribution >= 0.6 is 0 Å². The normalized spacial score (nSPS) is 12.2. The van der Waals surface area contributed by atoms with Crippen molar-refractivity contribution in [2.24, 2.45) is 0 Å². The Morgan fingerprint density at radius 2 is 2.00 bits per heavy atom. The first kappa shape index (κ1) is 15.8. The van der Waals surface area contributed by atoms with Crippen LogP contribution < -0.4 is 14.8 Å². The minimum atomic E-state index is 0.208. The highest BCUT2D eigenvalue weighted by molar-refractivity contribution is 5.43. The molecule has 0 saturated heterocycles. The van der Waals surface area contributed by atoms with Gasteiger partial charge in [0.1, 0.15) is 0 Å². The number of nitrogens with one attached hydrogen (secondary N) is 1.